The molecule has 1 heterocycles. The summed E-state index contributed by atoms with van der Waals surface area (Å²) in [5.74, 6) is 2.13. The first-order chi connectivity index (χ1) is 10.9. The molecular formula is C17H20N2O3S. The lowest BCUT2D eigenvalue weighted by Gasteiger charge is -2.19. The van der Waals surface area contributed by atoms with Crippen LogP contribution in [0.1, 0.15) is 12.0 Å². The zero-order valence-electron chi connectivity index (χ0n) is 13.0. The zero-order chi connectivity index (χ0) is 16.2. The zero-order valence-corrected chi connectivity index (χ0v) is 13.8. The fourth-order valence-corrected chi connectivity index (χ4v) is 5.24. The lowest BCUT2D eigenvalue weighted by molar-refractivity contribution is 0.209. The molecule has 3 aliphatic rings. The molecule has 0 radical (unpaired) electrons. The van der Waals surface area contributed by atoms with E-state index in [1.54, 1.807) is 17.0 Å². The van der Waals surface area contributed by atoms with Crippen LogP contribution in [-0.4, -0.2) is 32.4 Å². The van der Waals surface area contributed by atoms with Crippen LogP contribution in [0.3, 0.4) is 0 Å². The molecule has 122 valence electrons. The first-order valence-corrected chi connectivity index (χ1v) is 9.49. The molecule has 0 aromatic heterocycles. The molecule has 2 fully saturated rings. The number of carbonyl (C=O) groups excluding carboxylic acids is 1. The van der Waals surface area contributed by atoms with Crippen LogP contribution >= 0.6 is 0 Å². The molecule has 2 amide bonds. The SMILES string of the molecule is Cc1ccc(S(=O)(=O)NC(=O)N2CC3C4C=CC(C4)C3C2)cc1. The predicted molar refractivity (Wildman–Crippen MR) is 86.2 cm³/mol. The van der Waals surface area contributed by atoms with E-state index in [1.165, 1.54) is 18.6 Å². The fraction of sp³-hybridized carbons (Fsp3) is 0.471. The summed E-state index contributed by atoms with van der Waals surface area (Å²) in [5.41, 5.74) is 0.977. The first-order valence-electron chi connectivity index (χ1n) is 8.01. The second kappa shape index (κ2) is 5.09. The van der Waals surface area contributed by atoms with E-state index in [0.717, 1.165) is 5.56 Å². The minimum absolute atomic E-state index is 0.123. The number of allylic oxidation sites excluding steroid dienone is 2. The Morgan fingerprint density at radius 3 is 2.22 bits per heavy atom. The van der Waals surface area contributed by atoms with Gasteiger partial charge in [0.2, 0.25) is 0 Å². The fourth-order valence-electron chi connectivity index (χ4n) is 4.27. The van der Waals surface area contributed by atoms with Gasteiger partial charge in [-0.25, -0.2) is 17.9 Å². The van der Waals surface area contributed by atoms with Crippen molar-refractivity contribution in [3.05, 3.63) is 42.0 Å². The first kappa shape index (κ1) is 14.8. The highest BCUT2D eigenvalue weighted by Crippen LogP contribution is 2.51. The van der Waals surface area contributed by atoms with E-state index in [2.05, 4.69) is 16.9 Å². The average molecular weight is 332 g/mol. The normalized spacial score (nSPS) is 31.4. The van der Waals surface area contributed by atoms with Gasteiger partial charge in [-0.2, -0.15) is 0 Å². The van der Waals surface area contributed by atoms with E-state index in [1.807, 2.05) is 6.92 Å². The van der Waals surface area contributed by atoms with Crippen molar-refractivity contribution in [1.29, 1.82) is 0 Å². The van der Waals surface area contributed by atoms with Gasteiger partial charge in [-0.15, -0.1) is 0 Å². The Hall–Kier alpha value is -1.82. The molecule has 4 rings (SSSR count). The molecule has 0 spiro atoms. The molecule has 6 heteroatoms. The van der Waals surface area contributed by atoms with E-state index in [4.69, 9.17) is 0 Å². The maximum absolute atomic E-state index is 12.4. The third-order valence-corrected chi connectivity index (χ3v) is 6.84. The van der Waals surface area contributed by atoms with Crippen LogP contribution in [0.15, 0.2) is 41.3 Å². The molecule has 23 heavy (non-hydrogen) atoms. The number of nitrogens with zero attached hydrogens (tertiary/aromatic N) is 1. The lowest BCUT2D eigenvalue weighted by Crippen LogP contribution is -2.42. The topological polar surface area (TPSA) is 66.5 Å². The number of urea groups is 1. The van der Waals surface area contributed by atoms with E-state index < -0.39 is 16.1 Å². The van der Waals surface area contributed by atoms with Crippen LogP contribution in [0.25, 0.3) is 0 Å². The van der Waals surface area contributed by atoms with Crippen molar-refractivity contribution in [3.63, 3.8) is 0 Å². The van der Waals surface area contributed by atoms with Gasteiger partial charge in [-0.3, -0.25) is 0 Å². The molecule has 1 N–H and O–H groups in total. The number of fused-ring (bicyclic) bond motifs is 5. The van der Waals surface area contributed by atoms with Crippen molar-refractivity contribution < 1.29 is 13.2 Å². The summed E-state index contributed by atoms with van der Waals surface area (Å²) in [6, 6.07) is 5.99. The third kappa shape index (κ3) is 2.45. The van der Waals surface area contributed by atoms with Gasteiger partial charge < -0.3 is 4.90 Å². The van der Waals surface area contributed by atoms with Crippen molar-refractivity contribution in [3.8, 4) is 0 Å². The number of amides is 2. The van der Waals surface area contributed by atoms with Gasteiger partial charge >= 0.3 is 6.03 Å². The maximum atomic E-state index is 12.4. The molecule has 1 saturated carbocycles. The molecule has 1 aromatic rings. The van der Waals surface area contributed by atoms with Gasteiger partial charge in [-0.1, -0.05) is 29.8 Å². The van der Waals surface area contributed by atoms with Gasteiger partial charge in [0.1, 0.15) is 0 Å². The van der Waals surface area contributed by atoms with Crippen LogP contribution in [0.5, 0.6) is 0 Å². The third-order valence-electron chi connectivity index (χ3n) is 5.50. The van der Waals surface area contributed by atoms with Gasteiger partial charge in [0.25, 0.3) is 10.0 Å². The van der Waals surface area contributed by atoms with Crippen molar-refractivity contribution >= 4 is 16.1 Å². The molecule has 1 saturated heterocycles. The smallest absolute Gasteiger partial charge is 0.323 e. The highest BCUT2D eigenvalue weighted by atomic mass is 32.2. The van der Waals surface area contributed by atoms with Crippen molar-refractivity contribution in [2.75, 3.05) is 13.1 Å². The molecule has 1 aromatic carbocycles. The Balaban J connectivity index is 1.45. The molecule has 4 unspecified atom stereocenters. The Labute approximate surface area is 136 Å². The minimum Gasteiger partial charge on any atom is -0.323 e. The number of hydrogen-bond donors (Lipinski definition) is 1. The highest BCUT2D eigenvalue weighted by Gasteiger charge is 2.50. The number of likely N-dealkylation sites (tertiary alicyclic amines) is 1. The second-order valence-electron chi connectivity index (χ2n) is 6.90. The summed E-state index contributed by atoms with van der Waals surface area (Å²) in [5, 5.41) is 0. The van der Waals surface area contributed by atoms with Crippen LogP contribution in [-0.2, 0) is 10.0 Å². The quantitative estimate of drug-likeness (QED) is 0.844. The number of hydrogen-bond acceptors (Lipinski definition) is 3. The molecule has 5 nitrogen and oxygen atoms in total. The van der Waals surface area contributed by atoms with Crippen LogP contribution in [0.2, 0.25) is 0 Å². The van der Waals surface area contributed by atoms with Gasteiger partial charge in [-0.05, 0) is 49.1 Å². The monoisotopic (exact) mass is 332 g/mol. The number of carbonyl (C=O) groups is 1. The number of sulfonamides is 1. The number of rotatable bonds is 2. The standard InChI is InChI=1S/C17H20N2O3S/c1-11-2-6-14(7-3-11)23(21,22)18-17(20)19-9-15-12-4-5-13(8-12)16(15)10-19/h2-7,12-13,15-16H,8-10H2,1H3,(H,18,20). The molecule has 4 atom stereocenters. The van der Waals surface area contributed by atoms with E-state index in [-0.39, 0.29) is 4.90 Å². The second-order valence-corrected chi connectivity index (χ2v) is 8.59. The summed E-state index contributed by atoms with van der Waals surface area (Å²) in [4.78, 5) is 14.2. The summed E-state index contributed by atoms with van der Waals surface area (Å²) in [7, 11) is -3.81. The Morgan fingerprint density at radius 2 is 1.65 bits per heavy atom. The van der Waals surface area contributed by atoms with Gasteiger partial charge in [0, 0.05) is 13.1 Å². The Morgan fingerprint density at radius 1 is 1.09 bits per heavy atom. The Bertz CT molecular complexity index is 750. The van der Waals surface area contributed by atoms with Gasteiger partial charge in [0.15, 0.2) is 0 Å². The average Bonchev–Trinajstić information content (AvgIpc) is 3.20. The largest absolute Gasteiger partial charge is 0.331 e. The Kier molecular flexibility index (Phi) is 3.27. The highest BCUT2D eigenvalue weighted by molar-refractivity contribution is 7.90. The van der Waals surface area contributed by atoms with Gasteiger partial charge in [0.05, 0.1) is 4.90 Å². The van der Waals surface area contributed by atoms with Crippen LogP contribution < -0.4 is 4.72 Å². The minimum atomic E-state index is -3.81. The number of aryl methyl sites for hydroxylation is 1. The van der Waals surface area contributed by atoms with E-state index >= 15 is 0 Å². The van der Waals surface area contributed by atoms with E-state index in [9.17, 15) is 13.2 Å². The summed E-state index contributed by atoms with van der Waals surface area (Å²) < 4.78 is 26.9. The van der Waals surface area contributed by atoms with Crippen LogP contribution in [0, 0.1) is 30.6 Å². The molecule has 2 bridgehead atoms. The summed E-state index contributed by atoms with van der Waals surface area (Å²) in [6.45, 7) is 3.21. The molecule has 2 aliphatic carbocycles. The van der Waals surface area contributed by atoms with E-state index in [0.29, 0.717) is 36.8 Å². The van der Waals surface area contributed by atoms with Crippen molar-refractivity contribution in [1.82, 2.24) is 9.62 Å². The predicted octanol–water partition coefficient (Wildman–Crippen LogP) is 2.15. The molecular weight excluding hydrogens is 312 g/mol. The number of benzene rings is 1. The summed E-state index contributed by atoms with van der Waals surface area (Å²) >= 11 is 0. The maximum Gasteiger partial charge on any atom is 0.331 e. The lowest BCUT2D eigenvalue weighted by atomic mass is 9.86. The van der Waals surface area contributed by atoms with Crippen LogP contribution in [0.4, 0.5) is 4.79 Å². The van der Waals surface area contributed by atoms with Crippen molar-refractivity contribution in [2.45, 2.75) is 18.2 Å². The molecule has 1 aliphatic heterocycles. The van der Waals surface area contributed by atoms with Crippen molar-refractivity contribution in [2.24, 2.45) is 23.7 Å². The summed E-state index contributed by atoms with van der Waals surface area (Å²) in [6.07, 6.45) is 5.72. The number of nitrogens with one attached hydrogen (secondary N) is 1.